The SMILES string of the molecule is CCCC(OC)c1noc([C@H](N)CCSC)n1. The monoisotopic (exact) mass is 259 g/mol. The van der Waals surface area contributed by atoms with Gasteiger partial charge in [0, 0.05) is 7.11 Å². The zero-order valence-corrected chi connectivity index (χ0v) is 11.5. The van der Waals surface area contributed by atoms with Crippen LogP contribution in [0.25, 0.3) is 0 Å². The summed E-state index contributed by atoms with van der Waals surface area (Å²) in [5, 5.41) is 3.94. The van der Waals surface area contributed by atoms with E-state index in [1.54, 1.807) is 18.9 Å². The molecule has 1 aromatic heterocycles. The predicted molar refractivity (Wildman–Crippen MR) is 68.9 cm³/mol. The Morgan fingerprint density at radius 3 is 2.82 bits per heavy atom. The molecular formula is C11H21N3O2S. The van der Waals surface area contributed by atoms with Crippen LogP contribution in [0.1, 0.15) is 50.0 Å². The van der Waals surface area contributed by atoms with Crippen LogP contribution in [0.3, 0.4) is 0 Å². The van der Waals surface area contributed by atoms with Crippen LogP contribution in [0, 0.1) is 0 Å². The van der Waals surface area contributed by atoms with Gasteiger partial charge in [-0.05, 0) is 24.9 Å². The third kappa shape index (κ3) is 4.29. The van der Waals surface area contributed by atoms with Gasteiger partial charge in [0.1, 0.15) is 6.10 Å². The molecule has 6 heteroatoms. The highest BCUT2D eigenvalue weighted by atomic mass is 32.2. The van der Waals surface area contributed by atoms with E-state index in [1.807, 2.05) is 6.26 Å². The summed E-state index contributed by atoms with van der Waals surface area (Å²) in [5.74, 6) is 2.10. The maximum atomic E-state index is 5.96. The minimum Gasteiger partial charge on any atom is -0.373 e. The van der Waals surface area contributed by atoms with Gasteiger partial charge in [0.2, 0.25) is 11.7 Å². The van der Waals surface area contributed by atoms with Crippen molar-refractivity contribution in [2.45, 2.75) is 38.3 Å². The van der Waals surface area contributed by atoms with Gasteiger partial charge in [-0.3, -0.25) is 0 Å². The van der Waals surface area contributed by atoms with Crippen LogP contribution < -0.4 is 5.73 Å². The first-order valence-electron chi connectivity index (χ1n) is 5.83. The minimum atomic E-state index is -0.178. The summed E-state index contributed by atoms with van der Waals surface area (Å²) < 4.78 is 10.5. The van der Waals surface area contributed by atoms with Crippen molar-refractivity contribution in [3.63, 3.8) is 0 Å². The number of hydrogen-bond acceptors (Lipinski definition) is 6. The van der Waals surface area contributed by atoms with Gasteiger partial charge in [0.15, 0.2) is 0 Å². The third-order valence-corrected chi connectivity index (χ3v) is 3.17. The Hall–Kier alpha value is -0.590. The molecule has 1 unspecified atom stereocenters. The van der Waals surface area contributed by atoms with Gasteiger partial charge in [-0.2, -0.15) is 16.7 Å². The van der Waals surface area contributed by atoms with Gasteiger partial charge in [0.05, 0.1) is 6.04 Å². The second kappa shape index (κ2) is 7.68. The lowest BCUT2D eigenvalue weighted by Crippen LogP contribution is -2.12. The number of hydrogen-bond donors (Lipinski definition) is 1. The van der Waals surface area contributed by atoms with Crippen LogP contribution >= 0.6 is 11.8 Å². The summed E-state index contributed by atoms with van der Waals surface area (Å²) in [4.78, 5) is 4.32. The third-order valence-electron chi connectivity index (χ3n) is 2.53. The lowest BCUT2D eigenvalue weighted by molar-refractivity contribution is 0.0854. The molecule has 0 spiro atoms. The summed E-state index contributed by atoms with van der Waals surface area (Å²) >= 11 is 1.76. The molecule has 2 N–H and O–H groups in total. The Kier molecular flexibility index (Phi) is 6.54. The predicted octanol–water partition coefficient (Wildman–Crippen LogP) is 2.31. The molecule has 17 heavy (non-hydrogen) atoms. The van der Waals surface area contributed by atoms with Crippen molar-refractivity contribution in [1.29, 1.82) is 0 Å². The minimum absolute atomic E-state index is 0.0924. The molecular weight excluding hydrogens is 238 g/mol. The maximum absolute atomic E-state index is 5.96. The second-order valence-corrected chi connectivity index (χ2v) is 4.88. The van der Waals surface area contributed by atoms with Crippen molar-refractivity contribution in [2.24, 2.45) is 5.73 Å². The van der Waals surface area contributed by atoms with Crippen LogP contribution in [0.5, 0.6) is 0 Å². The van der Waals surface area contributed by atoms with Gasteiger partial charge in [-0.1, -0.05) is 18.5 Å². The zero-order valence-electron chi connectivity index (χ0n) is 10.7. The maximum Gasteiger partial charge on any atom is 0.243 e. The number of ether oxygens (including phenoxy) is 1. The molecule has 0 saturated carbocycles. The van der Waals surface area contributed by atoms with Crippen LogP contribution in [0.2, 0.25) is 0 Å². The first kappa shape index (κ1) is 14.5. The molecule has 0 aliphatic heterocycles. The van der Waals surface area contributed by atoms with E-state index in [1.165, 1.54) is 0 Å². The number of methoxy groups -OCH3 is 1. The largest absolute Gasteiger partial charge is 0.373 e. The molecule has 5 nitrogen and oxygen atoms in total. The van der Waals surface area contributed by atoms with E-state index in [0.29, 0.717) is 11.7 Å². The molecule has 1 heterocycles. The molecule has 0 aliphatic rings. The average Bonchev–Trinajstić information content (AvgIpc) is 2.82. The molecule has 1 aromatic rings. The Labute approximate surface area is 106 Å². The highest BCUT2D eigenvalue weighted by Gasteiger charge is 2.20. The van der Waals surface area contributed by atoms with Crippen LogP contribution in [0.15, 0.2) is 4.52 Å². The normalized spacial score (nSPS) is 14.8. The van der Waals surface area contributed by atoms with Crippen molar-refractivity contribution >= 4 is 11.8 Å². The molecule has 0 aromatic carbocycles. The van der Waals surface area contributed by atoms with Gasteiger partial charge >= 0.3 is 0 Å². The first-order chi connectivity index (χ1) is 8.22. The standard InChI is InChI=1S/C11H21N3O2S/c1-4-5-9(15-2)10-13-11(16-14-10)8(12)6-7-17-3/h8-9H,4-7,12H2,1-3H3/t8-,9?/m1/s1. The number of nitrogens with zero attached hydrogens (tertiary/aromatic N) is 2. The molecule has 0 amide bonds. The molecule has 98 valence electrons. The summed E-state index contributed by atoms with van der Waals surface area (Å²) in [7, 11) is 1.66. The molecule has 1 rings (SSSR count). The molecule has 2 atom stereocenters. The quantitative estimate of drug-likeness (QED) is 0.772. The van der Waals surface area contributed by atoms with Crippen molar-refractivity contribution < 1.29 is 9.26 Å². The summed E-state index contributed by atoms with van der Waals surface area (Å²) in [6.45, 7) is 2.09. The number of aromatic nitrogens is 2. The van der Waals surface area contributed by atoms with E-state index >= 15 is 0 Å². The van der Waals surface area contributed by atoms with Crippen molar-refractivity contribution in [2.75, 3.05) is 19.1 Å². The van der Waals surface area contributed by atoms with E-state index < -0.39 is 0 Å². The lowest BCUT2D eigenvalue weighted by Gasteiger charge is -2.08. The van der Waals surface area contributed by atoms with Crippen molar-refractivity contribution in [3.8, 4) is 0 Å². The number of thioether (sulfide) groups is 1. The topological polar surface area (TPSA) is 74.2 Å². The lowest BCUT2D eigenvalue weighted by atomic mass is 10.2. The fourth-order valence-corrected chi connectivity index (χ4v) is 2.00. The molecule has 0 fully saturated rings. The molecule has 0 radical (unpaired) electrons. The highest BCUT2D eigenvalue weighted by molar-refractivity contribution is 7.98. The second-order valence-electron chi connectivity index (χ2n) is 3.89. The summed E-state index contributed by atoms with van der Waals surface area (Å²) in [5.41, 5.74) is 5.96. The van der Waals surface area contributed by atoms with Crippen molar-refractivity contribution in [3.05, 3.63) is 11.7 Å². The summed E-state index contributed by atoms with van der Waals surface area (Å²) in [6.07, 6.45) is 4.70. The smallest absolute Gasteiger partial charge is 0.243 e. The van der Waals surface area contributed by atoms with E-state index in [2.05, 4.69) is 17.1 Å². The van der Waals surface area contributed by atoms with Crippen LogP contribution in [-0.4, -0.2) is 29.3 Å². The van der Waals surface area contributed by atoms with E-state index in [0.717, 1.165) is 25.0 Å². The number of rotatable bonds is 8. The van der Waals surface area contributed by atoms with Gasteiger partial charge < -0.3 is 15.0 Å². The first-order valence-corrected chi connectivity index (χ1v) is 7.23. The van der Waals surface area contributed by atoms with E-state index in [-0.39, 0.29) is 12.1 Å². The van der Waals surface area contributed by atoms with E-state index in [4.69, 9.17) is 15.0 Å². The van der Waals surface area contributed by atoms with Gasteiger partial charge in [0.25, 0.3) is 0 Å². The Morgan fingerprint density at radius 1 is 1.47 bits per heavy atom. The molecule has 0 aliphatic carbocycles. The number of nitrogens with two attached hydrogens (primary N) is 1. The fraction of sp³-hybridized carbons (Fsp3) is 0.818. The Bertz CT molecular complexity index is 319. The van der Waals surface area contributed by atoms with Crippen LogP contribution in [-0.2, 0) is 4.74 Å². The highest BCUT2D eigenvalue weighted by Crippen LogP contribution is 2.21. The average molecular weight is 259 g/mol. The van der Waals surface area contributed by atoms with Gasteiger partial charge in [-0.25, -0.2) is 0 Å². The van der Waals surface area contributed by atoms with Gasteiger partial charge in [-0.15, -0.1) is 0 Å². The van der Waals surface area contributed by atoms with Crippen LogP contribution in [0.4, 0.5) is 0 Å². The Balaban J connectivity index is 2.62. The molecule has 0 saturated heterocycles. The zero-order chi connectivity index (χ0) is 12.7. The summed E-state index contributed by atoms with van der Waals surface area (Å²) in [6, 6.07) is -0.178. The Morgan fingerprint density at radius 2 is 2.24 bits per heavy atom. The molecule has 0 bridgehead atoms. The van der Waals surface area contributed by atoms with Crippen molar-refractivity contribution in [1.82, 2.24) is 10.1 Å². The van der Waals surface area contributed by atoms with E-state index in [9.17, 15) is 0 Å². The fourth-order valence-electron chi connectivity index (χ4n) is 1.51.